The van der Waals surface area contributed by atoms with E-state index in [1.807, 2.05) is 49.9 Å². The molecule has 2 N–H and O–H groups in total. The van der Waals surface area contributed by atoms with Crippen LogP contribution in [0.25, 0.3) is 0 Å². The fraction of sp³-hybridized carbons (Fsp3) is 0.588. The molecule has 1 atom stereocenters. The minimum Gasteiger partial charge on any atom is -0.381 e. The average molecular weight is 306 g/mol. The van der Waals surface area contributed by atoms with Crippen LogP contribution in [-0.2, 0) is 4.79 Å². The van der Waals surface area contributed by atoms with E-state index in [-0.39, 0.29) is 11.8 Å². The quantitative estimate of drug-likeness (QED) is 0.875. The van der Waals surface area contributed by atoms with E-state index in [0.29, 0.717) is 11.5 Å². The Balaban J connectivity index is 1.92. The molecule has 1 unspecified atom stereocenters. The molecular formula is C17H26N2OS. The van der Waals surface area contributed by atoms with Gasteiger partial charge in [0.2, 0.25) is 5.91 Å². The van der Waals surface area contributed by atoms with Crippen molar-refractivity contribution in [1.82, 2.24) is 0 Å². The third-order valence-electron chi connectivity index (χ3n) is 3.66. The molecule has 0 spiro atoms. The molecule has 0 saturated carbocycles. The van der Waals surface area contributed by atoms with Gasteiger partial charge in [-0.2, -0.15) is 11.8 Å². The minimum absolute atomic E-state index is 0.00398. The molecule has 1 aromatic carbocycles. The lowest BCUT2D eigenvalue weighted by molar-refractivity contribution is -0.118. The Bertz CT molecular complexity index is 482. The predicted octanol–water partition coefficient (Wildman–Crippen LogP) is 4.22. The van der Waals surface area contributed by atoms with Gasteiger partial charge in [-0.3, -0.25) is 4.79 Å². The van der Waals surface area contributed by atoms with Gasteiger partial charge in [0.25, 0.3) is 0 Å². The Hall–Kier alpha value is -1.16. The van der Waals surface area contributed by atoms with Crippen LogP contribution in [0.15, 0.2) is 24.3 Å². The normalized spacial score (nSPS) is 21.1. The molecule has 0 bridgehead atoms. The topological polar surface area (TPSA) is 41.1 Å². The second kappa shape index (κ2) is 6.73. The zero-order chi connectivity index (χ0) is 15.5. The first-order valence-electron chi connectivity index (χ1n) is 7.61. The SMILES string of the molecule is CC(C)C(=O)Nc1ccc(NC2CSCC(C)(C)C2)cc1. The number of benzene rings is 1. The van der Waals surface area contributed by atoms with Crippen molar-refractivity contribution < 1.29 is 4.79 Å². The summed E-state index contributed by atoms with van der Waals surface area (Å²) >= 11 is 2.02. The van der Waals surface area contributed by atoms with Crippen molar-refractivity contribution in [3.05, 3.63) is 24.3 Å². The van der Waals surface area contributed by atoms with Crippen molar-refractivity contribution in [2.45, 2.75) is 40.2 Å². The van der Waals surface area contributed by atoms with Gasteiger partial charge in [0, 0.05) is 29.1 Å². The van der Waals surface area contributed by atoms with Gasteiger partial charge < -0.3 is 10.6 Å². The van der Waals surface area contributed by atoms with Crippen LogP contribution < -0.4 is 10.6 Å². The molecule has 1 aromatic rings. The number of amides is 1. The smallest absolute Gasteiger partial charge is 0.226 e. The van der Waals surface area contributed by atoms with E-state index in [2.05, 4.69) is 24.5 Å². The van der Waals surface area contributed by atoms with Crippen molar-refractivity contribution in [2.75, 3.05) is 22.1 Å². The van der Waals surface area contributed by atoms with Crippen LogP contribution in [0.5, 0.6) is 0 Å². The molecule has 0 radical (unpaired) electrons. The van der Waals surface area contributed by atoms with Gasteiger partial charge in [-0.15, -0.1) is 0 Å². The summed E-state index contributed by atoms with van der Waals surface area (Å²) in [5.41, 5.74) is 2.39. The average Bonchev–Trinajstić information content (AvgIpc) is 2.39. The van der Waals surface area contributed by atoms with Gasteiger partial charge in [-0.05, 0) is 41.9 Å². The van der Waals surface area contributed by atoms with Crippen LogP contribution in [0.1, 0.15) is 34.1 Å². The Morgan fingerprint density at radius 3 is 2.43 bits per heavy atom. The first kappa shape index (κ1) is 16.2. The lowest BCUT2D eigenvalue weighted by atomic mass is 9.88. The zero-order valence-electron chi connectivity index (χ0n) is 13.4. The predicted molar refractivity (Wildman–Crippen MR) is 93.0 cm³/mol. The largest absolute Gasteiger partial charge is 0.381 e. The van der Waals surface area contributed by atoms with Crippen LogP contribution in [0.4, 0.5) is 11.4 Å². The molecule has 4 heteroatoms. The summed E-state index contributed by atoms with van der Waals surface area (Å²) < 4.78 is 0. The highest BCUT2D eigenvalue weighted by Gasteiger charge is 2.28. The second-order valence-corrected chi connectivity index (χ2v) is 7.98. The standard InChI is InChI=1S/C17H26N2OS/c1-12(2)16(20)19-14-7-5-13(6-8-14)18-15-9-17(3,4)11-21-10-15/h5-8,12,15,18H,9-11H2,1-4H3,(H,19,20). The van der Waals surface area contributed by atoms with Crippen molar-refractivity contribution in [1.29, 1.82) is 0 Å². The number of nitrogens with one attached hydrogen (secondary N) is 2. The fourth-order valence-corrected chi connectivity index (χ4v) is 3.80. The second-order valence-electron chi connectivity index (χ2n) is 6.95. The summed E-state index contributed by atoms with van der Waals surface area (Å²) in [4.78, 5) is 11.7. The maximum Gasteiger partial charge on any atom is 0.226 e. The first-order chi connectivity index (χ1) is 9.85. The number of hydrogen-bond acceptors (Lipinski definition) is 3. The van der Waals surface area contributed by atoms with Gasteiger partial charge in [0.1, 0.15) is 0 Å². The Morgan fingerprint density at radius 1 is 1.24 bits per heavy atom. The van der Waals surface area contributed by atoms with Crippen molar-refractivity contribution >= 4 is 29.0 Å². The number of anilines is 2. The third-order valence-corrected chi connectivity index (χ3v) is 5.28. The number of carbonyl (C=O) groups is 1. The Labute approximate surface area is 132 Å². The van der Waals surface area contributed by atoms with Gasteiger partial charge in [-0.1, -0.05) is 27.7 Å². The van der Waals surface area contributed by atoms with Crippen molar-refractivity contribution in [3.8, 4) is 0 Å². The molecule has 2 rings (SSSR count). The number of hydrogen-bond donors (Lipinski definition) is 2. The van der Waals surface area contributed by atoms with Gasteiger partial charge in [0.05, 0.1) is 0 Å². The summed E-state index contributed by atoms with van der Waals surface area (Å²) in [6.07, 6.45) is 1.20. The van der Waals surface area contributed by atoms with E-state index >= 15 is 0 Å². The number of rotatable bonds is 4. The Morgan fingerprint density at radius 2 is 1.86 bits per heavy atom. The van der Waals surface area contributed by atoms with E-state index in [1.54, 1.807) is 0 Å². The lowest BCUT2D eigenvalue weighted by Gasteiger charge is -2.35. The van der Waals surface area contributed by atoms with Crippen LogP contribution in [0.3, 0.4) is 0 Å². The molecule has 1 amide bonds. The fourth-order valence-electron chi connectivity index (χ4n) is 2.53. The summed E-state index contributed by atoms with van der Waals surface area (Å²) in [6.45, 7) is 8.46. The molecule has 0 aliphatic carbocycles. The number of carbonyl (C=O) groups excluding carboxylic acids is 1. The Kier molecular flexibility index (Phi) is 5.20. The molecule has 0 aromatic heterocycles. The summed E-state index contributed by atoms with van der Waals surface area (Å²) in [5.74, 6) is 2.46. The third kappa shape index (κ3) is 4.95. The highest BCUT2D eigenvalue weighted by atomic mass is 32.2. The summed E-state index contributed by atoms with van der Waals surface area (Å²) in [7, 11) is 0. The van der Waals surface area contributed by atoms with Gasteiger partial charge >= 0.3 is 0 Å². The molecule has 1 aliphatic rings. The molecule has 1 aliphatic heterocycles. The molecule has 3 nitrogen and oxygen atoms in total. The van der Waals surface area contributed by atoms with Crippen LogP contribution >= 0.6 is 11.8 Å². The van der Waals surface area contributed by atoms with Crippen LogP contribution in [0.2, 0.25) is 0 Å². The minimum atomic E-state index is 0.00398. The van der Waals surface area contributed by atoms with E-state index in [4.69, 9.17) is 0 Å². The van der Waals surface area contributed by atoms with Crippen LogP contribution in [0, 0.1) is 11.3 Å². The molecule has 1 heterocycles. The van der Waals surface area contributed by atoms with E-state index in [9.17, 15) is 4.79 Å². The monoisotopic (exact) mass is 306 g/mol. The summed E-state index contributed by atoms with van der Waals surface area (Å²) in [5, 5.41) is 6.52. The maximum absolute atomic E-state index is 11.7. The molecule has 1 fully saturated rings. The highest BCUT2D eigenvalue weighted by Crippen LogP contribution is 2.34. The van der Waals surface area contributed by atoms with Crippen molar-refractivity contribution in [3.63, 3.8) is 0 Å². The van der Waals surface area contributed by atoms with E-state index in [1.165, 1.54) is 12.2 Å². The van der Waals surface area contributed by atoms with E-state index < -0.39 is 0 Å². The maximum atomic E-state index is 11.7. The zero-order valence-corrected chi connectivity index (χ0v) is 14.2. The first-order valence-corrected chi connectivity index (χ1v) is 8.76. The van der Waals surface area contributed by atoms with E-state index in [0.717, 1.165) is 17.1 Å². The lowest BCUT2D eigenvalue weighted by Crippen LogP contribution is -2.35. The molecular weight excluding hydrogens is 280 g/mol. The number of thioether (sulfide) groups is 1. The molecule has 116 valence electrons. The highest BCUT2D eigenvalue weighted by molar-refractivity contribution is 7.99. The van der Waals surface area contributed by atoms with Crippen molar-refractivity contribution in [2.24, 2.45) is 11.3 Å². The van der Waals surface area contributed by atoms with Crippen LogP contribution in [-0.4, -0.2) is 23.5 Å². The molecule has 1 saturated heterocycles. The van der Waals surface area contributed by atoms with Gasteiger partial charge in [0.15, 0.2) is 0 Å². The van der Waals surface area contributed by atoms with Gasteiger partial charge in [-0.25, -0.2) is 0 Å². The summed E-state index contributed by atoms with van der Waals surface area (Å²) in [6, 6.07) is 8.53. The molecule has 21 heavy (non-hydrogen) atoms.